The van der Waals surface area contributed by atoms with E-state index in [2.05, 4.69) is 24.1 Å². The summed E-state index contributed by atoms with van der Waals surface area (Å²) in [5, 5.41) is 9.24. The van der Waals surface area contributed by atoms with Gasteiger partial charge in [-0.3, -0.25) is 0 Å². The fraction of sp³-hybridized carbons (Fsp3) is 0.538. The van der Waals surface area contributed by atoms with E-state index >= 15 is 0 Å². The number of aliphatic hydroxyl groups is 1. The third-order valence-electron chi connectivity index (χ3n) is 3.45. The third kappa shape index (κ3) is 2.30. The van der Waals surface area contributed by atoms with E-state index in [1.165, 1.54) is 0 Å². The lowest BCUT2D eigenvalue weighted by Crippen LogP contribution is -2.37. The summed E-state index contributed by atoms with van der Waals surface area (Å²) in [5.41, 5.74) is 9.01. The van der Waals surface area contributed by atoms with Crippen LogP contribution >= 0.6 is 0 Å². The van der Waals surface area contributed by atoms with Crippen molar-refractivity contribution in [2.75, 3.05) is 24.2 Å². The Balaban J connectivity index is 1.97. The molecule has 3 heteroatoms. The summed E-state index contributed by atoms with van der Waals surface area (Å²) < 4.78 is 0. The zero-order valence-corrected chi connectivity index (χ0v) is 9.98. The van der Waals surface area contributed by atoms with E-state index in [1.54, 1.807) is 0 Å². The summed E-state index contributed by atoms with van der Waals surface area (Å²) in [6.45, 7) is 3.01. The number of hydrogen-bond acceptors (Lipinski definition) is 3. The lowest BCUT2D eigenvalue weighted by molar-refractivity contribution is 0.0465. The van der Waals surface area contributed by atoms with Crippen LogP contribution in [0.2, 0.25) is 0 Å². The molecule has 1 aliphatic rings. The van der Waals surface area contributed by atoms with Crippen LogP contribution in [0.1, 0.15) is 18.4 Å². The number of hydrogen-bond donors (Lipinski definition) is 2. The molecule has 0 aliphatic heterocycles. The van der Waals surface area contributed by atoms with Crippen molar-refractivity contribution in [2.45, 2.75) is 25.9 Å². The van der Waals surface area contributed by atoms with Crippen molar-refractivity contribution in [3.8, 4) is 0 Å². The molecule has 0 unspecified atom stereocenters. The Labute approximate surface area is 96.9 Å². The van der Waals surface area contributed by atoms with Gasteiger partial charge < -0.3 is 15.7 Å². The molecule has 1 aliphatic carbocycles. The number of aliphatic hydroxyl groups excluding tert-OH is 1. The first kappa shape index (κ1) is 11.3. The second-order valence-corrected chi connectivity index (χ2v) is 4.91. The summed E-state index contributed by atoms with van der Waals surface area (Å²) in [6.07, 6.45) is 1.80. The number of benzene rings is 1. The normalized spacial score (nSPS) is 23.9. The monoisotopic (exact) mass is 220 g/mol. The molecule has 0 bridgehead atoms. The van der Waals surface area contributed by atoms with Gasteiger partial charge in [-0.05, 0) is 43.4 Å². The quantitative estimate of drug-likeness (QED) is 0.763. The smallest absolute Gasteiger partial charge is 0.0546 e. The molecule has 3 N–H and O–H groups in total. The third-order valence-corrected chi connectivity index (χ3v) is 3.45. The van der Waals surface area contributed by atoms with Crippen LogP contribution in [0, 0.1) is 12.8 Å². The maximum absolute atomic E-state index is 9.24. The van der Waals surface area contributed by atoms with Crippen LogP contribution in [-0.2, 0) is 0 Å². The Kier molecular flexibility index (Phi) is 3.06. The molecular formula is C13H20N2O. The second kappa shape index (κ2) is 4.34. The minimum Gasteiger partial charge on any atom is -0.398 e. The van der Waals surface area contributed by atoms with Crippen LogP contribution in [0.4, 0.5) is 11.4 Å². The lowest BCUT2D eigenvalue weighted by atomic mass is 9.82. The first-order chi connectivity index (χ1) is 7.56. The molecule has 1 fully saturated rings. The van der Waals surface area contributed by atoms with Crippen molar-refractivity contribution in [1.82, 2.24) is 0 Å². The SMILES string of the molecule is Cc1ccc(N(C)CC2CC(O)C2)cc1N. The fourth-order valence-electron chi connectivity index (χ4n) is 2.21. The largest absolute Gasteiger partial charge is 0.398 e. The van der Waals surface area contributed by atoms with Gasteiger partial charge in [-0.25, -0.2) is 0 Å². The molecule has 0 atom stereocenters. The standard InChI is InChI=1S/C13H20N2O/c1-9-3-4-11(7-13(9)14)15(2)8-10-5-12(16)6-10/h3-4,7,10,12,16H,5-6,8,14H2,1-2H3. The molecule has 3 nitrogen and oxygen atoms in total. The van der Waals surface area contributed by atoms with Crippen LogP contribution in [-0.4, -0.2) is 24.8 Å². The maximum atomic E-state index is 9.24. The Morgan fingerprint density at radius 3 is 2.69 bits per heavy atom. The number of anilines is 2. The Hall–Kier alpha value is -1.22. The molecule has 0 saturated heterocycles. The molecule has 0 heterocycles. The first-order valence-electron chi connectivity index (χ1n) is 5.81. The average molecular weight is 220 g/mol. The Morgan fingerprint density at radius 2 is 2.12 bits per heavy atom. The van der Waals surface area contributed by atoms with E-state index in [0.29, 0.717) is 5.92 Å². The van der Waals surface area contributed by atoms with E-state index in [4.69, 9.17) is 5.73 Å². The molecule has 0 aromatic heterocycles. The van der Waals surface area contributed by atoms with Crippen LogP contribution < -0.4 is 10.6 Å². The highest BCUT2D eigenvalue weighted by atomic mass is 16.3. The number of nitrogens with two attached hydrogens (primary N) is 1. The molecule has 1 saturated carbocycles. The first-order valence-corrected chi connectivity index (χ1v) is 5.81. The summed E-state index contributed by atoms with van der Waals surface area (Å²) >= 11 is 0. The summed E-state index contributed by atoms with van der Waals surface area (Å²) in [7, 11) is 2.08. The van der Waals surface area contributed by atoms with Crippen LogP contribution in [0.25, 0.3) is 0 Å². The maximum Gasteiger partial charge on any atom is 0.0546 e. The predicted molar refractivity (Wildman–Crippen MR) is 67.6 cm³/mol. The van der Waals surface area contributed by atoms with Crippen molar-refractivity contribution in [3.05, 3.63) is 23.8 Å². The number of rotatable bonds is 3. The molecule has 0 radical (unpaired) electrons. The van der Waals surface area contributed by atoms with Crippen LogP contribution in [0.3, 0.4) is 0 Å². The van der Waals surface area contributed by atoms with Gasteiger partial charge in [0.15, 0.2) is 0 Å². The van der Waals surface area contributed by atoms with Crippen LogP contribution in [0.15, 0.2) is 18.2 Å². The summed E-state index contributed by atoms with van der Waals surface area (Å²) in [4.78, 5) is 2.21. The highest BCUT2D eigenvalue weighted by Gasteiger charge is 2.27. The highest BCUT2D eigenvalue weighted by molar-refractivity contribution is 5.59. The van der Waals surface area contributed by atoms with Gasteiger partial charge >= 0.3 is 0 Å². The minimum absolute atomic E-state index is 0.0681. The van der Waals surface area contributed by atoms with Crippen molar-refractivity contribution in [2.24, 2.45) is 5.92 Å². The molecule has 1 aromatic rings. The van der Waals surface area contributed by atoms with E-state index in [-0.39, 0.29) is 6.10 Å². The van der Waals surface area contributed by atoms with Gasteiger partial charge in [0.05, 0.1) is 6.10 Å². The molecule has 2 rings (SSSR count). The summed E-state index contributed by atoms with van der Waals surface area (Å²) in [6, 6.07) is 6.17. The zero-order valence-electron chi connectivity index (χ0n) is 9.98. The number of aryl methyl sites for hydroxylation is 1. The van der Waals surface area contributed by atoms with Gasteiger partial charge in [0, 0.05) is 25.0 Å². The van der Waals surface area contributed by atoms with Crippen molar-refractivity contribution >= 4 is 11.4 Å². The van der Waals surface area contributed by atoms with Crippen molar-refractivity contribution < 1.29 is 5.11 Å². The molecule has 0 spiro atoms. The van der Waals surface area contributed by atoms with Gasteiger partial charge in [-0.1, -0.05) is 6.07 Å². The van der Waals surface area contributed by atoms with Crippen molar-refractivity contribution in [1.29, 1.82) is 0 Å². The lowest BCUT2D eigenvalue weighted by Gasteiger charge is -2.35. The fourth-order valence-corrected chi connectivity index (χ4v) is 2.21. The highest BCUT2D eigenvalue weighted by Crippen LogP contribution is 2.29. The van der Waals surface area contributed by atoms with Gasteiger partial charge in [0.2, 0.25) is 0 Å². The molecule has 0 amide bonds. The minimum atomic E-state index is -0.0681. The topological polar surface area (TPSA) is 49.5 Å². The van der Waals surface area contributed by atoms with E-state index in [1.807, 2.05) is 13.0 Å². The molecule has 88 valence electrons. The van der Waals surface area contributed by atoms with Gasteiger partial charge in [-0.2, -0.15) is 0 Å². The molecule has 16 heavy (non-hydrogen) atoms. The molecule has 1 aromatic carbocycles. The Bertz CT molecular complexity index is 372. The second-order valence-electron chi connectivity index (χ2n) is 4.91. The van der Waals surface area contributed by atoms with Crippen molar-refractivity contribution in [3.63, 3.8) is 0 Å². The average Bonchev–Trinajstić information content (AvgIpc) is 2.19. The number of nitrogen functional groups attached to an aromatic ring is 1. The van der Waals surface area contributed by atoms with Gasteiger partial charge in [0.1, 0.15) is 0 Å². The van der Waals surface area contributed by atoms with E-state index < -0.39 is 0 Å². The molecular weight excluding hydrogens is 200 g/mol. The van der Waals surface area contributed by atoms with E-state index in [9.17, 15) is 5.11 Å². The van der Waals surface area contributed by atoms with Crippen LogP contribution in [0.5, 0.6) is 0 Å². The number of nitrogens with zero attached hydrogens (tertiary/aromatic N) is 1. The Morgan fingerprint density at radius 1 is 1.44 bits per heavy atom. The van der Waals surface area contributed by atoms with Gasteiger partial charge in [-0.15, -0.1) is 0 Å². The summed E-state index contributed by atoms with van der Waals surface area (Å²) in [5.74, 6) is 0.627. The van der Waals surface area contributed by atoms with Gasteiger partial charge in [0.25, 0.3) is 0 Å². The van der Waals surface area contributed by atoms with E-state index in [0.717, 1.165) is 36.3 Å². The zero-order chi connectivity index (χ0) is 11.7. The predicted octanol–water partition coefficient (Wildman–Crippen LogP) is 1.78.